The van der Waals surface area contributed by atoms with E-state index in [0.717, 1.165) is 6.07 Å². The highest BCUT2D eigenvalue weighted by atomic mass is 35.5. The Kier molecular flexibility index (Phi) is 6.13. The molecule has 1 aromatic heterocycles. The molecule has 3 rings (SSSR count). The van der Waals surface area contributed by atoms with Crippen LogP contribution in [0.15, 0.2) is 30.5 Å². The molecule has 1 aromatic carbocycles. The SMILES string of the molecule is CC(C)(C)C[C@@H]1N[C@@H](C(=O)O)[C@H](c2cccc(Cl)c2F)[C@@]1(N)c1ncc(Cl)cc1F. The minimum absolute atomic E-state index is 0.0162. The molecule has 5 nitrogen and oxygen atoms in total. The first kappa shape index (κ1) is 22.9. The molecule has 0 amide bonds. The Morgan fingerprint density at radius 1 is 1.33 bits per heavy atom. The van der Waals surface area contributed by atoms with E-state index < -0.39 is 41.1 Å². The number of carboxylic acids is 1. The molecule has 0 aliphatic carbocycles. The number of aliphatic carboxylic acids is 1. The molecule has 4 N–H and O–H groups in total. The Morgan fingerprint density at radius 3 is 2.57 bits per heavy atom. The molecule has 2 aromatic rings. The van der Waals surface area contributed by atoms with Crippen LogP contribution in [0, 0.1) is 17.0 Å². The third-order valence-electron chi connectivity index (χ3n) is 5.42. The molecule has 0 spiro atoms. The number of rotatable bonds is 4. The fourth-order valence-corrected chi connectivity index (χ4v) is 4.57. The number of halogens is 4. The Bertz CT molecular complexity index is 983. The number of nitrogens with zero attached hydrogens (tertiary/aromatic N) is 1. The molecule has 9 heteroatoms. The van der Waals surface area contributed by atoms with Gasteiger partial charge in [0.1, 0.15) is 17.7 Å². The Morgan fingerprint density at radius 2 is 2.00 bits per heavy atom. The number of aromatic nitrogens is 1. The number of hydrogen-bond donors (Lipinski definition) is 3. The van der Waals surface area contributed by atoms with Crippen LogP contribution in [0.25, 0.3) is 0 Å². The van der Waals surface area contributed by atoms with Crippen molar-refractivity contribution in [3.05, 3.63) is 63.4 Å². The van der Waals surface area contributed by atoms with Crippen molar-refractivity contribution in [2.45, 2.75) is 50.7 Å². The lowest BCUT2D eigenvalue weighted by Crippen LogP contribution is -2.53. The van der Waals surface area contributed by atoms with Crippen LogP contribution < -0.4 is 11.1 Å². The smallest absolute Gasteiger partial charge is 0.321 e. The molecular formula is C21H23Cl2F2N3O2. The van der Waals surface area contributed by atoms with Crippen molar-refractivity contribution >= 4 is 29.2 Å². The number of benzene rings is 1. The summed E-state index contributed by atoms with van der Waals surface area (Å²) in [4.78, 5) is 16.3. The highest BCUT2D eigenvalue weighted by molar-refractivity contribution is 6.31. The van der Waals surface area contributed by atoms with Gasteiger partial charge in [0.05, 0.1) is 21.3 Å². The lowest BCUT2D eigenvalue weighted by atomic mass is 9.70. The topological polar surface area (TPSA) is 88.2 Å². The van der Waals surface area contributed by atoms with Gasteiger partial charge in [0, 0.05) is 18.2 Å². The fraction of sp³-hybridized carbons (Fsp3) is 0.429. The first-order valence-electron chi connectivity index (χ1n) is 9.39. The molecule has 1 saturated heterocycles. The van der Waals surface area contributed by atoms with Gasteiger partial charge in [-0.25, -0.2) is 8.78 Å². The minimum atomic E-state index is -1.68. The number of nitrogens with one attached hydrogen (secondary N) is 1. The van der Waals surface area contributed by atoms with Gasteiger partial charge in [0.15, 0.2) is 0 Å². The van der Waals surface area contributed by atoms with Gasteiger partial charge >= 0.3 is 5.97 Å². The minimum Gasteiger partial charge on any atom is -0.480 e. The molecular weight excluding hydrogens is 435 g/mol. The third-order valence-corrected chi connectivity index (χ3v) is 5.92. The monoisotopic (exact) mass is 457 g/mol. The first-order chi connectivity index (χ1) is 13.9. The van der Waals surface area contributed by atoms with Gasteiger partial charge in [-0.15, -0.1) is 0 Å². The predicted octanol–water partition coefficient (Wildman–Crippen LogP) is 4.47. The largest absolute Gasteiger partial charge is 0.480 e. The normalized spacial score (nSPS) is 26.7. The standard InChI is InChI=1S/C21H23Cl2F2N3O2/c1-20(2,3)8-14-21(26,18-13(24)7-10(22)9-27-18)15(17(28-14)19(29)30)11-5-4-6-12(23)16(11)25/h4-7,9,14-15,17,28H,8,26H2,1-3H3,(H,29,30)/t14-,15-,17+,21+/m0/s1. The Hall–Kier alpha value is -1.80. The molecule has 0 saturated carbocycles. The van der Waals surface area contributed by atoms with Crippen molar-refractivity contribution in [3.63, 3.8) is 0 Å². The van der Waals surface area contributed by atoms with Crippen LogP contribution in [-0.2, 0) is 10.3 Å². The summed E-state index contributed by atoms with van der Waals surface area (Å²) in [5, 5.41) is 12.8. The van der Waals surface area contributed by atoms with Crippen molar-refractivity contribution in [1.29, 1.82) is 0 Å². The fourth-order valence-electron chi connectivity index (χ4n) is 4.24. The van der Waals surface area contributed by atoms with Crippen LogP contribution >= 0.6 is 23.2 Å². The van der Waals surface area contributed by atoms with E-state index >= 15 is 8.78 Å². The van der Waals surface area contributed by atoms with Gasteiger partial charge in [-0.05, 0) is 29.5 Å². The molecule has 1 aliphatic heterocycles. The maximum atomic E-state index is 15.0. The number of carbonyl (C=O) groups is 1. The van der Waals surface area contributed by atoms with Gasteiger partial charge in [-0.1, -0.05) is 56.1 Å². The Labute approximate surface area is 183 Å². The van der Waals surface area contributed by atoms with Crippen molar-refractivity contribution < 1.29 is 18.7 Å². The van der Waals surface area contributed by atoms with Crippen molar-refractivity contribution in [1.82, 2.24) is 10.3 Å². The first-order valence-corrected chi connectivity index (χ1v) is 10.1. The van der Waals surface area contributed by atoms with E-state index in [-0.39, 0.29) is 26.7 Å². The van der Waals surface area contributed by atoms with Crippen LogP contribution in [0.2, 0.25) is 10.0 Å². The average Bonchev–Trinajstić information content (AvgIpc) is 2.89. The number of hydrogen-bond acceptors (Lipinski definition) is 4. The molecule has 2 heterocycles. The zero-order valence-electron chi connectivity index (χ0n) is 16.7. The second-order valence-corrected chi connectivity index (χ2v) is 9.68. The van der Waals surface area contributed by atoms with Crippen LogP contribution in [0.4, 0.5) is 8.78 Å². The summed E-state index contributed by atoms with van der Waals surface area (Å²) >= 11 is 11.8. The highest BCUT2D eigenvalue weighted by Crippen LogP contribution is 2.49. The molecule has 1 aliphatic rings. The van der Waals surface area contributed by atoms with Gasteiger partial charge in [0.25, 0.3) is 0 Å². The van der Waals surface area contributed by atoms with Gasteiger partial charge in [-0.3, -0.25) is 15.1 Å². The van der Waals surface area contributed by atoms with Crippen LogP contribution in [0.1, 0.15) is 44.4 Å². The lowest BCUT2D eigenvalue weighted by Gasteiger charge is -2.38. The van der Waals surface area contributed by atoms with Gasteiger partial charge in [-0.2, -0.15) is 0 Å². The van der Waals surface area contributed by atoms with Crippen molar-refractivity contribution in [2.24, 2.45) is 11.1 Å². The lowest BCUT2D eigenvalue weighted by molar-refractivity contribution is -0.139. The van der Waals surface area contributed by atoms with Gasteiger partial charge < -0.3 is 10.8 Å². The van der Waals surface area contributed by atoms with E-state index in [1.54, 1.807) is 0 Å². The van der Waals surface area contributed by atoms with Crippen molar-refractivity contribution in [3.8, 4) is 0 Å². The third kappa shape index (κ3) is 4.04. The number of carboxylic acid groups (broad SMARTS) is 1. The van der Waals surface area contributed by atoms with E-state index in [1.807, 2.05) is 20.8 Å². The zero-order valence-corrected chi connectivity index (χ0v) is 18.2. The quantitative estimate of drug-likeness (QED) is 0.630. The molecule has 0 bridgehead atoms. The molecule has 30 heavy (non-hydrogen) atoms. The van der Waals surface area contributed by atoms with E-state index in [0.29, 0.717) is 6.42 Å². The maximum absolute atomic E-state index is 15.0. The molecule has 4 atom stereocenters. The highest BCUT2D eigenvalue weighted by Gasteiger charge is 2.59. The summed E-state index contributed by atoms with van der Waals surface area (Å²) < 4.78 is 30.1. The summed E-state index contributed by atoms with van der Waals surface area (Å²) in [7, 11) is 0. The summed E-state index contributed by atoms with van der Waals surface area (Å²) in [5.74, 6) is -3.99. The molecule has 162 valence electrons. The second kappa shape index (κ2) is 8.04. The number of pyridine rings is 1. The molecule has 0 radical (unpaired) electrons. The van der Waals surface area contributed by atoms with E-state index in [1.165, 1.54) is 24.4 Å². The van der Waals surface area contributed by atoms with Gasteiger partial charge in [0.2, 0.25) is 0 Å². The average molecular weight is 458 g/mol. The maximum Gasteiger partial charge on any atom is 0.321 e. The van der Waals surface area contributed by atoms with Crippen LogP contribution in [-0.4, -0.2) is 28.1 Å². The zero-order chi connectivity index (χ0) is 22.4. The number of nitrogens with two attached hydrogens (primary N) is 1. The van der Waals surface area contributed by atoms with Crippen LogP contribution in [0.5, 0.6) is 0 Å². The summed E-state index contributed by atoms with van der Waals surface area (Å²) in [6, 6.07) is 3.33. The van der Waals surface area contributed by atoms with E-state index in [4.69, 9.17) is 28.9 Å². The summed E-state index contributed by atoms with van der Waals surface area (Å²) in [6.07, 6.45) is 1.62. The van der Waals surface area contributed by atoms with E-state index in [2.05, 4.69) is 10.3 Å². The summed E-state index contributed by atoms with van der Waals surface area (Å²) in [5.41, 5.74) is 4.65. The summed E-state index contributed by atoms with van der Waals surface area (Å²) in [6.45, 7) is 5.84. The van der Waals surface area contributed by atoms with E-state index in [9.17, 15) is 9.90 Å². The molecule has 1 fully saturated rings. The second-order valence-electron chi connectivity index (χ2n) is 8.84. The van der Waals surface area contributed by atoms with Crippen molar-refractivity contribution in [2.75, 3.05) is 0 Å². The Balaban J connectivity index is 2.30. The molecule has 0 unspecified atom stereocenters. The predicted molar refractivity (Wildman–Crippen MR) is 112 cm³/mol. The van der Waals surface area contributed by atoms with Crippen LogP contribution in [0.3, 0.4) is 0 Å².